The summed E-state index contributed by atoms with van der Waals surface area (Å²) >= 11 is 0. The Bertz CT molecular complexity index is 240. The molecule has 100 valence electrons. The van der Waals surface area contributed by atoms with Crippen molar-refractivity contribution in [3.8, 4) is 0 Å². The minimum Gasteiger partial charge on any atom is -0.395 e. The van der Waals surface area contributed by atoms with E-state index in [9.17, 15) is 4.79 Å². The van der Waals surface area contributed by atoms with Crippen LogP contribution in [0.2, 0.25) is 0 Å². The Morgan fingerprint density at radius 1 is 1.35 bits per heavy atom. The highest BCUT2D eigenvalue weighted by Crippen LogP contribution is 2.13. The van der Waals surface area contributed by atoms with E-state index < -0.39 is 0 Å². The number of nitrogens with one attached hydrogen (secondary N) is 1. The van der Waals surface area contributed by atoms with Crippen molar-refractivity contribution in [1.29, 1.82) is 0 Å². The predicted molar refractivity (Wildman–Crippen MR) is 66.1 cm³/mol. The van der Waals surface area contributed by atoms with Crippen molar-refractivity contribution in [2.75, 3.05) is 39.3 Å². The average Bonchev–Trinajstić information content (AvgIpc) is 2.31. The molecule has 6 heteroatoms. The fraction of sp³-hybridized carbons (Fsp3) is 0.909. The molecule has 0 bridgehead atoms. The zero-order valence-corrected chi connectivity index (χ0v) is 10.7. The Labute approximate surface area is 103 Å². The molecule has 4 N–H and O–H groups in total. The van der Waals surface area contributed by atoms with Gasteiger partial charge in [0.2, 0.25) is 0 Å². The van der Waals surface area contributed by atoms with Crippen molar-refractivity contribution in [1.82, 2.24) is 15.2 Å². The molecule has 17 heavy (non-hydrogen) atoms. The van der Waals surface area contributed by atoms with E-state index in [1.54, 1.807) is 0 Å². The number of rotatable bonds is 5. The molecule has 0 aliphatic carbocycles. The Balaban J connectivity index is 2.52. The van der Waals surface area contributed by atoms with Gasteiger partial charge >= 0.3 is 0 Å². The number of β-amino-alcohol motifs (C(OH)–C–C–N with tert-alkyl or cyclic N) is 1. The molecular weight excluding hydrogens is 220 g/mol. The molecule has 1 aliphatic heterocycles. The first-order valence-electron chi connectivity index (χ1n) is 6.18. The van der Waals surface area contributed by atoms with Gasteiger partial charge in [-0.1, -0.05) is 13.8 Å². The van der Waals surface area contributed by atoms with Gasteiger partial charge in [0.25, 0.3) is 5.91 Å². The number of nitrogens with two attached hydrogens (primary N) is 1. The molecule has 0 aromatic heterocycles. The summed E-state index contributed by atoms with van der Waals surface area (Å²) < 4.78 is 0. The fourth-order valence-electron chi connectivity index (χ4n) is 2.38. The largest absolute Gasteiger partial charge is 0.395 e. The summed E-state index contributed by atoms with van der Waals surface area (Å²) in [5.41, 5.74) is 2.25. The molecule has 1 heterocycles. The smallest absolute Gasteiger partial charge is 0.251 e. The van der Waals surface area contributed by atoms with Crippen LogP contribution in [0.3, 0.4) is 0 Å². The lowest BCUT2D eigenvalue weighted by molar-refractivity contribution is -0.129. The molecule has 0 aromatic carbocycles. The highest BCUT2D eigenvalue weighted by atomic mass is 16.3. The van der Waals surface area contributed by atoms with Crippen LogP contribution < -0.4 is 11.3 Å². The SMILES string of the molecule is CC(C)C(C(=O)NN)N1CCN(CCO)CC1. The maximum atomic E-state index is 11.7. The summed E-state index contributed by atoms with van der Waals surface area (Å²) in [6, 6.07) is -0.156. The predicted octanol–water partition coefficient (Wildman–Crippen LogP) is -1.39. The summed E-state index contributed by atoms with van der Waals surface area (Å²) in [6.45, 7) is 8.43. The van der Waals surface area contributed by atoms with Crippen molar-refractivity contribution >= 4 is 5.91 Å². The van der Waals surface area contributed by atoms with Gasteiger partial charge in [-0.3, -0.25) is 20.0 Å². The number of carbonyl (C=O) groups excluding carboxylic acids is 1. The van der Waals surface area contributed by atoms with Gasteiger partial charge in [-0.2, -0.15) is 0 Å². The first-order valence-corrected chi connectivity index (χ1v) is 6.18. The number of hydrogen-bond donors (Lipinski definition) is 3. The van der Waals surface area contributed by atoms with Crippen LogP contribution in [0.1, 0.15) is 13.8 Å². The molecule has 0 spiro atoms. The monoisotopic (exact) mass is 244 g/mol. The fourth-order valence-corrected chi connectivity index (χ4v) is 2.38. The molecule has 1 atom stereocenters. The van der Waals surface area contributed by atoms with Crippen LogP contribution in [0.5, 0.6) is 0 Å². The van der Waals surface area contributed by atoms with E-state index in [0.717, 1.165) is 26.2 Å². The first-order chi connectivity index (χ1) is 8.10. The first kappa shape index (κ1) is 14.4. The number of hydrazine groups is 1. The Morgan fingerprint density at radius 2 is 1.94 bits per heavy atom. The highest BCUT2D eigenvalue weighted by molar-refractivity contribution is 5.81. The number of nitrogens with zero attached hydrogens (tertiary/aromatic N) is 2. The minimum absolute atomic E-state index is 0.115. The van der Waals surface area contributed by atoms with Crippen LogP contribution in [0.15, 0.2) is 0 Å². The minimum atomic E-state index is -0.156. The third-order valence-electron chi connectivity index (χ3n) is 3.26. The van der Waals surface area contributed by atoms with Crippen LogP contribution in [0.4, 0.5) is 0 Å². The lowest BCUT2D eigenvalue weighted by Gasteiger charge is -2.39. The zero-order chi connectivity index (χ0) is 12.8. The van der Waals surface area contributed by atoms with E-state index in [1.165, 1.54) is 0 Å². The van der Waals surface area contributed by atoms with Crippen LogP contribution >= 0.6 is 0 Å². The molecule has 1 rings (SSSR count). The van der Waals surface area contributed by atoms with Crippen LogP contribution in [-0.4, -0.2) is 66.2 Å². The Kier molecular flexibility index (Phi) is 5.84. The van der Waals surface area contributed by atoms with E-state index in [0.29, 0.717) is 6.54 Å². The summed E-state index contributed by atoms with van der Waals surface area (Å²) in [5, 5.41) is 8.87. The molecule has 1 unspecified atom stereocenters. The highest BCUT2D eigenvalue weighted by Gasteiger charge is 2.30. The zero-order valence-electron chi connectivity index (χ0n) is 10.7. The number of aliphatic hydroxyl groups excluding tert-OH is 1. The molecule has 1 aliphatic rings. The number of hydrogen-bond acceptors (Lipinski definition) is 5. The maximum Gasteiger partial charge on any atom is 0.251 e. The normalized spacial score (nSPS) is 20.5. The van der Waals surface area contributed by atoms with Gasteiger partial charge in [0.05, 0.1) is 12.6 Å². The quantitative estimate of drug-likeness (QED) is 0.315. The summed E-state index contributed by atoms with van der Waals surface area (Å²) in [7, 11) is 0. The van der Waals surface area contributed by atoms with Gasteiger partial charge in [-0.05, 0) is 5.92 Å². The standard InChI is InChI=1S/C11H24N4O2/c1-9(2)10(11(17)13-12)15-5-3-14(4-6-15)7-8-16/h9-10,16H,3-8,12H2,1-2H3,(H,13,17). The third-order valence-corrected chi connectivity index (χ3v) is 3.26. The second-order valence-corrected chi connectivity index (χ2v) is 4.80. The van der Waals surface area contributed by atoms with Crippen molar-refractivity contribution < 1.29 is 9.90 Å². The molecule has 1 saturated heterocycles. The van der Waals surface area contributed by atoms with Crippen LogP contribution in [0.25, 0.3) is 0 Å². The van der Waals surface area contributed by atoms with Crippen molar-refractivity contribution in [2.45, 2.75) is 19.9 Å². The molecular formula is C11H24N4O2. The summed E-state index contributed by atoms with van der Waals surface area (Å²) in [5.74, 6) is 5.35. The summed E-state index contributed by atoms with van der Waals surface area (Å²) in [4.78, 5) is 16.1. The lowest BCUT2D eigenvalue weighted by atomic mass is 10.0. The average molecular weight is 244 g/mol. The lowest BCUT2D eigenvalue weighted by Crippen LogP contribution is -2.57. The van der Waals surface area contributed by atoms with E-state index in [1.807, 2.05) is 13.8 Å². The maximum absolute atomic E-state index is 11.7. The van der Waals surface area contributed by atoms with E-state index in [4.69, 9.17) is 10.9 Å². The molecule has 0 radical (unpaired) electrons. The Morgan fingerprint density at radius 3 is 2.35 bits per heavy atom. The third kappa shape index (κ3) is 3.92. The van der Waals surface area contributed by atoms with Crippen molar-refractivity contribution in [2.24, 2.45) is 11.8 Å². The molecule has 0 aromatic rings. The van der Waals surface area contributed by atoms with Gasteiger partial charge < -0.3 is 5.11 Å². The van der Waals surface area contributed by atoms with E-state index in [2.05, 4.69) is 15.2 Å². The number of aliphatic hydroxyl groups is 1. The van der Waals surface area contributed by atoms with E-state index >= 15 is 0 Å². The van der Waals surface area contributed by atoms with Gasteiger partial charge in [-0.15, -0.1) is 0 Å². The van der Waals surface area contributed by atoms with Gasteiger partial charge in [0.1, 0.15) is 0 Å². The van der Waals surface area contributed by atoms with Gasteiger partial charge in [0, 0.05) is 32.7 Å². The molecule has 1 amide bonds. The van der Waals surface area contributed by atoms with Crippen molar-refractivity contribution in [3.63, 3.8) is 0 Å². The molecule has 6 nitrogen and oxygen atoms in total. The molecule has 1 fully saturated rings. The number of carbonyl (C=O) groups is 1. The second kappa shape index (κ2) is 6.90. The van der Waals surface area contributed by atoms with Crippen LogP contribution in [-0.2, 0) is 4.79 Å². The summed E-state index contributed by atoms with van der Waals surface area (Å²) in [6.07, 6.45) is 0. The number of piperazine rings is 1. The second-order valence-electron chi connectivity index (χ2n) is 4.80. The van der Waals surface area contributed by atoms with Gasteiger partial charge in [-0.25, -0.2) is 5.84 Å². The topological polar surface area (TPSA) is 81.8 Å². The van der Waals surface area contributed by atoms with Gasteiger partial charge in [0.15, 0.2) is 0 Å². The van der Waals surface area contributed by atoms with Crippen molar-refractivity contribution in [3.05, 3.63) is 0 Å². The number of amides is 1. The van der Waals surface area contributed by atoms with Crippen LogP contribution in [0, 0.1) is 5.92 Å². The Hall–Kier alpha value is -0.690. The van der Waals surface area contributed by atoms with E-state index in [-0.39, 0.29) is 24.5 Å². The molecule has 0 saturated carbocycles.